The molecule has 0 aliphatic heterocycles. The molecule has 1 heterocycles. The molecule has 2 amide bonds. The first-order chi connectivity index (χ1) is 15.3. The van der Waals surface area contributed by atoms with E-state index in [-0.39, 0.29) is 11.8 Å². The number of rotatable bonds is 7. The molecule has 3 rings (SSSR count). The number of aromatic nitrogens is 2. The predicted octanol–water partition coefficient (Wildman–Crippen LogP) is 3.82. The minimum absolute atomic E-state index is 0.184. The number of amides is 2. The number of benzene rings is 2. The quantitative estimate of drug-likeness (QED) is 0.580. The Morgan fingerprint density at radius 2 is 1.69 bits per heavy atom. The number of hydrogen-bond donors (Lipinski definition) is 1. The van der Waals surface area contributed by atoms with Crippen molar-refractivity contribution in [1.29, 1.82) is 0 Å². The van der Waals surface area contributed by atoms with Crippen LogP contribution in [0.4, 0.5) is 0 Å². The van der Waals surface area contributed by atoms with E-state index in [9.17, 15) is 9.59 Å². The largest absolute Gasteiger partial charge is 0.347 e. The average Bonchev–Trinajstić information content (AvgIpc) is 3.04. The highest BCUT2D eigenvalue weighted by Crippen LogP contribution is 2.18. The molecule has 0 fully saturated rings. The fraction of sp³-hybridized carbons (Fsp3) is 0.269. The van der Waals surface area contributed by atoms with E-state index in [2.05, 4.69) is 41.6 Å². The lowest BCUT2D eigenvalue weighted by Crippen LogP contribution is -2.39. The smallest absolute Gasteiger partial charge is 0.249 e. The van der Waals surface area contributed by atoms with Gasteiger partial charge in [-0.25, -0.2) is 0 Å². The van der Waals surface area contributed by atoms with Crippen molar-refractivity contribution >= 4 is 17.9 Å². The van der Waals surface area contributed by atoms with Gasteiger partial charge in [-0.3, -0.25) is 14.3 Å². The lowest BCUT2D eigenvalue weighted by atomic mass is 10.1. The molecule has 0 saturated carbocycles. The summed E-state index contributed by atoms with van der Waals surface area (Å²) in [4.78, 5) is 26.8. The monoisotopic (exact) mass is 430 g/mol. The Balaban J connectivity index is 1.76. The van der Waals surface area contributed by atoms with Crippen molar-refractivity contribution < 1.29 is 9.59 Å². The third-order valence-electron chi connectivity index (χ3n) is 5.40. The molecule has 6 heteroatoms. The Morgan fingerprint density at radius 3 is 2.31 bits per heavy atom. The lowest BCUT2D eigenvalue weighted by Gasteiger charge is -2.21. The second kappa shape index (κ2) is 10.1. The molecule has 1 atom stereocenters. The van der Waals surface area contributed by atoms with Gasteiger partial charge in [0.2, 0.25) is 11.8 Å². The van der Waals surface area contributed by atoms with Crippen LogP contribution in [0, 0.1) is 20.8 Å². The summed E-state index contributed by atoms with van der Waals surface area (Å²) in [6.07, 6.45) is 3.23. The van der Waals surface area contributed by atoms with Gasteiger partial charge in [0.15, 0.2) is 0 Å². The molecule has 3 aromatic rings. The van der Waals surface area contributed by atoms with E-state index in [0.717, 1.165) is 22.5 Å². The number of nitrogens with one attached hydrogen (secondary N) is 1. The van der Waals surface area contributed by atoms with Crippen LogP contribution >= 0.6 is 0 Å². The average molecular weight is 431 g/mol. The van der Waals surface area contributed by atoms with Crippen LogP contribution in [0.5, 0.6) is 0 Å². The fourth-order valence-electron chi connectivity index (χ4n) is 3.51. The van der Waals surface area contributed by atoms with Crippen LogP contribution in [-0.2, 0) is 16.1 Å². The summed E-state index contributed by atoms with van der Waals surface area (Å²) < 4.78 is 1.94. The highest BCUT2D eigenvalue weighted by atomic mass is 16.2. The molecule has 6 nitrogen and oxygen atoms in total. The second-order valence-corrected chi connectivity index (χ2v) is 8.15. The van der Waals surface area contributed by atoms with Crippen molar-refractivity contribution in [3.8, 4) is 0 Å². The number of carbonyl (C=O) groups excluding carboxylic acids is 2. The summed E-state index contributed by atoms with van der Waals surface area (Å²) >= 11 is 0. The maximum atomic E-state index is 12.7. The number of nitrogens with zero attached hydrogens (tertiary/aromatic N) is 3. The molecule has 0 radical (unpaired) electrons. The molecule has 2 aromatic carbocycles. The molecule has 0 aliphatic carbocycles. The van der Waals surface area contributed by atoms with Crippen LogP contribution in [0.15, 0.2) is 60.7 Å². The first-order valence-electron chi connectivity index (χ1n) is 10.6. The fourth-order valence-corrected chi connectivity index (χ4v) is 3.51. The van der Waals surface area contributed by atoms with E-state index in [1.165, 1.54) is 22.1 Å². The van der Waals surface area contributed by atoms with Crippen LogP contribution in [0.1, 0.15) is 39.7 Å². The van der Waals surface area contributed by atoms with E-state index < -0.39 is 6.04 Å². The van der Waals surface area contributed by atoms with Crippen LogP contribution in [0.2, 0.25) is 0 Å². The Labute approximate surface area is 189 Å². The summed E-state index contributed by atoms with van der Waals surface area (Å²) in [6.45, 7) is 6.66. The van der Waals surface area contributed by atoms with Crippen LogP contribution in [0.25, 0.3) is 6.08 Å². The third-order valence-corrected chi connectivity index (χ3v) is 5.40. The standard InChI is InChI=1S/C26H30N4O2/c1-18-11-13-21(14-12-18)17-30-20(3)23(19(2)28-30)15-16-24(31)27-25(26(32)29(4)5)22-9-7-6-8-10-22/h6-16,25H,17H2,1-5H3,(H,27,31)/b16-15+. The minimum atomic E-state index is -0.741. The molecular weight excluding hydrogens is 400 g/mol. The van der Waals surface area contributed by atoms with Gasteiger partial charge in [0.25, 0.3) is 0 Å². The third kappa shape index (κ3) is 5.52. The maximum absolute atomic E-state index is 12.7. The molecule has 1 N–H and O–H groups in total. The molecule has 166 valence electrons. The van der Waals surface area contributed by atoms with Gasteiger partial charge in [0.05, 0.1) is 12.2 Å². The van der Waals surface area contributed by atoms with Crippen molar-refractivity contribution in [2.45, 2.75) is 33.4 Å². The summed E-state index contributed by atoms with van der Waals surface area (Å²) in [7, 11) is 3.35. The van der Waals surface area contributed by atoms with Crippen LogP contribution in [0.3, 0.4) is 0 Å². The van der Waals surface area contributed by atoms with E-state index in [0.29, 0.717) is 6.54 Å². The van der Waals surface area contributed by atoms with Gasteiger partial charge < -0.3 is 10.2 Å². The van der Waals surface area contributed by atoms with Gasteiger partial charge in [0, 0.05) is 31.4 Å². The topological polar surface area (TPSA) is 67.2 Å². The second-order valence-electron chi connectivity index (χ2n) is 8.15. The van der Waals surface area contributed by atoms with Gasteiger partial charge in [-0.2, -0.15) is 5.10 Å². The normalized spacial score (nSPS) is 12.0. The van der Waals surface area contributed by atoms with Crippen LogP contribution in [-0.4, -0.2) is 40.6 Å². The van der Waals surface area contributed by atoms with Gasteiger partial charge in [-0.05, 0) is 38.0 Å². The highest BCUT2D eigenvalue weighted by Gasteiger charge is 2.23. The van der Waals surface area contributed by atoms with Gasteiger partial charge in [-0.1, -0.05) is 60.2 Å². The Morgan fingerprint density at radius 1 is 1.03 bits per heavy atom. The van der Waals surface area contributed by atoms with Crippen molar-refractivity contribution in [2.75, 3.05) is 14.1 Å². The predicted molar refractivity (Wildman–Crippen MR) is 127 cm³/mol. The first-order valence-corrected chi connectivity index (χ1v) is 10.6. The highest BCUT2D eigenvalue weighted by molar-refractivity contribution is 5.96. The number of aryl methyl sites for hydroxylation is 2. The van der Waals surface area contributed by atoms with E-state index in [1.807, 2.05) is 48.9 Å². The number of hydrogen-bond acceptors (Lipinski definition) is 3. The Hall–Kier alpha value is -3.67. The van der Waals surface area contributed by atoms with Crippen molar-refractivity contribution in [3.05, 3.63) is 94.3 Å². The summed E-state index contributed by atoms with van der Waals surface area (Å²) in [5.41, 5.74) is 5.87. The van der Waals surface area contributed by atoms with E-state index in [1.54, 1.807) is 20.2 Å². The zero-order chi connectivity index (χ0) is 23.3. The maximum Gasteiger partial charge on any atom is 0.249 e. The first kappa shape index (κ1) is 23.0. The molecule has 32 heavy (non-hydrogen) atoms. The summed E-state index contributed by atoms with van der Waals surface area (Å²) in [6, 6.07) is 16.9. The lowest BCUT2D eigenvalue weighted by molar-refractivity contribution is -0.133. The Kier molecular flexibility index (Phi) is 7.25. The summed E-state index contributed by atoms with van der Waals surface area (Å²) in [5.74, 6) is -0.518. The molecular formula is C26H30N4O2. The van der Waals surface area contributed by atoms with E-state index in [4.69, 9.17) is 0 Å². The zero-order valence-electron chi connectivity index (χ0n) is 19.3. The molecule has 0 bridgehead atoms. The molecule has 1 aromatic heterocycles. The molecule has 0 saturated heterocycles. The van der Waals surface area contributed by atoms with Gasteiger partial charge >= 0.3 is 0 Å². The van der Waals surface area contributed by atoms with Crippen LogP contribution < -0.4 is 5.32 Å². The van der Waals surface area contributed by atoms with Gasteiger partial charge in [-0.15, -0.1) is 0 Å². The van der Waals surface area contributed by atoms with Crippen molar-refractivity contribution in [1.82, 2.24) is 20.0 Å². The van der Waals surface area contributed by atoms with Crippen molar-refractivity contribution in [2.24, 2.45) is 0 Å². The SMILES string of the molecule is Cc1ccc(Cn2nc(C)c(/C=C/C(=O)NC(C(=O)N(C)C)c3ccccc3)c2C)cc1. The molecule has 0 spiro atoms. The van der Waals surface area contributed by atoms with Crippen molar-refractivity contribution in [3.63, 3.8) is 0 Å². The molecule has 1 unspecified atom stereocenters. The Bertz CT molecular complexity index is 1110. The number of carbonyl (C=O) groups is 2. The number of likely N-dealkylation sites (N-methyl/N-ethyl adjacent to an activating group) is 1. The minimum Gasteiger partial charge on any atom is -0.347 e. The zero-order valence-corrected chi connectivity index (χ0v) is 19.3. The van der Waals surface area contributed by atoms with Gasteiger partial charge in [0.1, 0.15) is 6.04 Å². The van der Waals surface area contributed by atoms with E-state index >= 15 is 0 Å². The molecule has 0 aliphatic rings. The summed E-state index contributed by atoms with van der Waals surface area (Å²) in [5, 5.41) is 7.47.